The van der Waals surface area contributed by atoms with Gasteiger partial charge in [0.1, 0.15) is 5.60 Å². The maximum Gasteiger partial charge on any atom is 0.412 e. The Morgan fingerprint density at radius 1 is 1.28 bits per heavy atom. The molecule has 1 aromatic rings. The zero-order valence-electron chi connectivity index (χ0n) is 10.9. The Kier molecular flexibility index (Phi) is 3.96. The molecular formula is C13H16NO4-. The lowest BCUT2D eigenvalue weighted by atomic mass is 10.1. The second-order valence-electron chi connectivity index (χ2n) is 4.91. The summed E-state index contributed by atoms with van der Waals surface area (Å²) in [4.78, 5) is 22.5. The molecule has 0 saturated heterocycles. The van der Waals surface area contributed by atoms with Crippen LogP contribution in [0.1, 0.15) is 36.7 Å². The van der Waals surface area contributed by atoms with Gasteiger partial charge in [0.25, 0.3) is 0 Å². The zero-order chi connectivity index (χ0) is 13.9. The first-order valence-corrected chi connectivity index (χ1v) is 5.51. The first kappa shape index (κ1) is 14.0. The summed E-state index contributed by atoms with van der Waals surface area (Å²) >= 11 is 0. The summed E-state index contributed by atoms with van der Waals surface area (Å²) in [6.07, 6.45) is -0.695. The summed E-state index contributed by atoms with van der Waals surface area (Å²) in [7, 11) is 0. The van der Waals surface area contributed by atoms with Crippen LogP contribution in [0, 0.1) is 6.92 Å². The van der Waals surface area contributed by atoms with Crippen LogP contribution in [-0.2, 0) is 4.74 Å². The van der Waals surface area contributed by atoms with E-state index in [1.807, 2.05) is 0 Å². The summed E-state index contributed by atoms with van der Waals surface area (Å²) in [5.74, 6) is -1.34. The van der Waals surface area contributed by atoms with Crippen molar-refractivity contribution in [2.24, 2.45) is 0 Å². The minimum Gasteiger partial charge on any atom is -0.545 e. The highest BCUT2D eigenvalue weighted by Gasteiger charge is 2.18. The molecule has 0 bridgehead atoms. The molecule has 0 atom stereocenters. The fourth-order valence-electron chi connectivity index (χ4n) is 1.41. The molecule has 0 aliphatic rings. The van der Waals surface area contributed by atoms with Crippen molar-refractivity contribution in [3.05, 3.63) is 29.3 Å². The van der Waals surface area contributed by atoms with Crippen LogP contribution in [0.5, 0.6) is 0 Å². The quantitative estimate of drug-likeness (QED) is 0.866. The largest absolute Gasteiger partial charge is 0.545 e. The summed E-state index contributed by atoms with van der Waals surface area (Å²) in [5.41, 5.74) is 0.115. The standard InChI is InChI=1S/C13H17NO4/c1-8-6-5-7-9(11(15)16)10(8)14-12(17)18-13(2,3)4/h5-7H,1-4H3,(H,14,17)(H,15,16)/p-1. The normalized spacial score (nSPS) is 10.9. The molecular weight excluding hydrogens is 234 g/mol. The van der Waals surface area contributed by atoms with Crippen LogP contribution in [-0.4, -0.2) is 17.7 Å². The van der Waals surface area contributed by atoms with Crippen molar-refractivity contribution >= 4 is 17.7 Å². The van der Waals surface area contributed by atoms with E-state index in [0.717, 1.165) is 0 Å². The summed E-state index contributed by atoms with van der Waals surface area (Å²) in [6, 6.07) is 4.65. The topological polar surface area (TPSA) is 78.5 Å². The molecule has 1 aromatic carbocycles. The average Bonchev–Trinajstić information content (AvgIpc) is 2.17. The minimum atomic E-state index is -1.34. The van der Waals surface area contributed by atoms with Gasteiger partial charge < -0.3 is 14.6 Å². The van der Waals surface area contributed by atoms with E-state index in [9.17, 15) is 14.7 Å². The van der Waals surface area contributed by atoms with Gasteiger partial charge in [-0.15, -0.1) is 0 Å². The Hall–Kier alpha value is -2.04. The Bertz CT molecular complexity index is 474. The van der Waals surface area contributed by atoms with Gasteiger partial charge in [0, 0.05) is 5.56 Å². The number of nitrogens with one attached hydrogen (secondary N) is 1. The number of anilines is 1. The number of aromatic carboxylic acids is 1. The van der Waals surface area contributed by atoms with Crippen molar-refractivity contribution in [1.29, 1.82) is 0 Å². The molecule has 0 aliphatic heterocycles. The predicted molar refractivity (Wildman–Crippen MR) is 65.4 cm³/mol. The second kappa shape index (κ2) is 5.08. The number of para-hydroxylation sites is 1. The highest BCUT2D eigenvalue weighted by Crippen LogP contribution is 2.21. The fourth-order valence-corrected chi connectivity index (χ4v) is 1.41. The Morgan fingerprint density at radius 2 is 1.89 bits per heavy atom. The fraction of sp³-hybridized carbons (Fsp3) is 0.385. The molecule has 0 unspecified atom stereocenters. The van der Waals surface area contributed by atoms with Crippen LogP contribution >= 0.6 is 0 Å². The van der Waals surface area contributed by atoms with E-state index in [1.165, 1.54) is 6.07 Å². The smallest absolute Gasteiger partial charge is 0.412 e. The van der Waals surface area contributed by atoms with Gasteiger partial charge in [-0.2, -0.15) is 0 Å². The first-order chi connectivity index (χ1) is 8.20. The molecule has 1 amide bonds. The summed E-state index contributed by atoms with van der Waals surface area (Å²) in [6.45, 7) is 6.87. The van der Waals surface area contributed by atoms with Crippen LogP contribution in [0.3, 0.4) is 0 Å². The molecule has 0 saturated carbocycles. The monoisotopic (exact) mass is 250 g/mol. The average molecular weight is 250 g/mol. The van der Waals surface area contributed by atoms with E-state index < -0.39 is 17.7 Å². The number of aryl methyl sites for hydroxylation is 1. The van der Waals surface area contributed by atoms with E-state index in [4.69, 9.17) is 4.74 Å². The lowest BCUT2D eigenvalue weighted by molar-refractivity contribution is -0.254. The predicted octanol–water partition coefficient (Wildman–Crippen LogP) is 1.71. The Labute approximate surface area is 106 Å². The third-order valence-electron chi connectivity index (χ3n) is 2.12. The second-order valence-corrected chi connectivity index (χ2v) is 4.91. The van der Waals surface area contributed by atoms with Gasteiger partial charge in [0.2, 0.25) is 0 Å². The van der Waals surface area contributed by atoms with Crippen LogP contribution < -0.4 is 10.4 Å². The molecule has 1 rings (SSSR count). The number of rotatable bonds is 2. The van der Waals surface area contributed by atoms with E-state index in [2.05, 4.69) is 5.32 Å². The molecule has 5 heteroatoms. The molecule has 5 nitrogen and oxygen atoms in total. The van der Waals surface area contributed by atoms with E-state index in [1.54, 1.807) is 39.8 Å². The third kappa shape index (κ3) is 3.76. The molecule has 0 heterocycles. The zero-order valence-corrected chi connectivity index (χ0v) is 10.9. The van der Waals surface area contributed by atoms with Crippen molar-refractivity contribution in [2.45, 2.75) is 33.3 Å². The van der Waals surface area contributed by atoms with Crippen LogP contribution in [0.15, 0.2) is 18.2 Å². The number of hydrogen-bond acceptors (Lipinski definition) is 4. The first-order valence-electron chi connectivity index (χ1n) is 5.51. The van der Waals surface area contributed by atoms with Gasteiger partial charge in [0.05, 0.1) is 11.7 Å². The van der Waals surface area contributed by atoms with Gasteiger partial charge in [-0.1, -0.05) is 18.2 Å². The maximum absolute atomic E-state index is 11.6. The number of carboxylic acid groups (broad SMARTS) is 1. The van der Waals surface area contributed by atoms with Crippen LogP contribution in [0.25, 0.3) is 0 Å². The van der Waals surface area contributed by atoms with Crippen molar-refractivity contribution in [3.63, 3.8) is 0 Å². The Balaban J connectivity index is 2.97. The molecule has 0 aliphatic carbocycles. The van der Waals surface area contributed by atoms with Crippen molar-refractivity contribution in [1.82, 2.24) is 0 Å². The lowest BCUT2D eigenvalue weighted by Gasteiger charge is -2.21. The van der Waals surface area contributed by atoms with Gasteiger partial charge in [-0.05, 0) is 33.3 Å². The molecule has 98 valence electrons. The molecule has 1 N–H and O–H groups in total. The number of carbonyl (C=O) groups excluding carboxylic acids is 2. The molecule has 0 radical (unpaired) electrons. The van der Waals surface area contributed by atoms with Crippen molar-refractivity contribution in [2.75, 3.05) is 5.32 Å². The number of carbonyl (C=O) groups is 2. The molecule has 18 heavy (non-hydrogen) atoms. The number of amides is 1. The van der Waals surface area contributed by atoms with Gasteiger partial charge in [-0.3, -0.25) is 5.32 Å². The third-order valence-corrected chi connectivity index (χ3v) is 2.12. The number of carboxylic acids is 1. The van der Waals surface area contributed by atoms with Crippen molar-refractivity contribution < 1.29 is 19.4 Å². The van der Waals surface area contributed by atoms with Gasteiger partial charge in [-0.25, -0.2) is 4.79 Å². The highest BCUT2D eigenvalue weighted by molar-refractivity contribution is 5.98. The lowest BCUT2D eigenvalue weighted by Crippen LogP contribution is -2.29. The van der Waals surface area contributed by atoms with Gasteiger partial charge in [0.15, 0.2) is 0 Å². The van der Waals surface area contributed by atoms with Crippen LogP contribution in [0.4, 0.5) is 10.5 Å². The number of ether oxygens (including phenoxy) is 1. The molecule has 0 aromatic heterocycles. The number of hydrogen-bond donors (Lipinski definition) is 1. The summed E-state index contributed by atoms with van der Waals surface area (Å²) in [5, 5.41) is 13.4. The van der Waals surface area contributed by atoms with E-state index in [-0.39, 0.29) is 11.3 Å². The number of benzene rings is 1. The van der Waals surface area contributed by atoms with E-state index >= 15 is 0 Å². The van der Waals surface area contributed by atoms with Crippen LogP contribution in [0.2, 0.25) is 0 Å². The highest BCUT2D eigenvalue weighted by atomic mass is 16.6. The molecule has 0 spiro atoms. The van der Waals surface area contributed by atoms with Crippen molar-refractivity contribution in [3.8, 4) is 0 Å². The van der Waals surface area contributed by atoms with Gasteiger partial charge >= 0.3 is 6.09 Å². The minimum absolute atomic E-state index is 0.0686. The summed E-state index contributed by atoms with van der Waals surface area (Å²) < 4.78 is 5.07. The SMILES string of the molecule is Cc1cccc(C(=O)[O-])c1NC(=O)OC(C)(C)C. The Morgan fingerprint density at radius 3 is 2.39 bits per heavy atom. The maximum atomic E-state index is 11.6. The van der Waals surface area contributed by atoms with E-state index in [0.29, 0.717) is 5.56 Å². The molecule has 0 fully saturated rings.